The fourth-order valence-corrected chi connectivity index (χ4v) is 3.95. The van der Waals surface area contributed by atoms with Crippen molar-refractivity contribution in [2.45, 2.75) is 67.5 Å². The summed E-state index contributed by atoms with van der Waals surface area (Å²) in [6, 6.07) is 0.634. The van der Waals surface area contributed by atoms with Gasteiger partial charge in [-0.1, -0.05) is 41.5 Å². The molecule has 0 saturated carbocycles. The van der Waals surface area contributed by atoms with Crippen LogP contribution >= 0.6 is 11.8 Å². The molecule has 0 aliphatic carbocycles. The lowest BCUT2D eigenvalue weighted by Gasteiger charge is -2.24. The van der Waals surface area contributed by atoms with Crippen LogP contribution in [0.3, 0.4) is 0 Å². The molecule has 0 unspecified atom stereocenters. The Balaban J connectivity index is 2.20. The maximum absolute atomic E-state index is 5.95. The van der Waals surface area contributed by atoms with E-state index >= 15 is 0 Å². The van der Waals surface area contributed by atoms with Gasteiger partial charge in [0, 0.05) is 5.75 Å². The molecule has 0 saturated heterocycles. The van der Waals surface area contributed by atoms with Gasteiger partial charge in [0.25, 0.3) is 0 Å². The summed E-state index contributed by atoms with van der Waals surface area (Å²) in [4.78, 5) is 9.84. The molecule has 0 radical (unpaired) electrons. The molecule has 2 rings (SSSR count). The number of hydrogen-bond donors (Lipinski definition) is 0. The molecule has 4 heteroatoms. The molecule has 0 N–H and O–H groups in total. The topological polar surface area (TPSA) is 34.0 Å². The van der Waals surface area contributed by atoms with Gasteiger partial charge in [-0.3, -0.25) is 4.99 Å². The van der Waals surface area contributed by atoms with Crippen molar-refractivity contribution in [3.8, 4) is 0 Å². The molecular formula is C17H30N2OS. The summed E-state index contributed by atoms with van der Waals surface area (Å²) in [5.74, 6) is 1.93. The van der Waals surface area contributed by atoms with E-state index in [2.05, 4.69) is 55.4 Å². The van der Waals surface area contributed by atoms with E-state index in [1.165, 1.54) is 5.04 Å². The molecule has 2 aliphatic rings. The zero-order valence-electron chi connectivity index (χ0n) is 14.8. The third-order valence-electron chi connectivity index (χ3n) is 4.37. The second-order valence-corrected chi connectivity index (χ2v) is 9.89. The molecule has 0 spiro atoms. The Morgan fingerprint density at radius 2 is 1.48 bits per heavy atom. The molecular weight excluding hydrogens is 280 g/mol. The second-order valence-electron chi connectivity index (χ2n) is 8.88. The Hall–Kier alpha value is -0.510. The summed E-state index contributed by atoms with van der Waals surface area (Å²) in [6.45, 7) is 18.5. The van der Waals surface area contributed by atoms with Crippen molar-refractivity contribution in [1.29, 1.82) is 0 Å². The van der Waals surface area contributed by atoms with E-state index in [-0.39, 0.29) is 22.3 Å². The minimum absolute atomic E-state index is 0.149. The fraction of sp³-hybridized carbons (Fsp3) is 0.882. The lowest BCUT2D eigenvalue weighted by atomic mass is 9.87. The van der Waals surface area contributed by atoms with Crippen LogP contribution in [0.15, 0.2) is 9.98 Å². The number of thioether (sulfide) groups is 1. The number of rotatable bonds is 2. The summed E-state index contributed by atoms with van der Waals surface area (Å²) >= 11 is 1.87. The van der Waals surface area contributed by atoms with Crippen molar-refractivity contribution in [2.75, 3.05) is 12.4 Å². The SMILES string of the molecule is CC(C)(C1=N[C@@H](C(C)(C)C)CO1)C1=N[C@@H](C(C)(C)C)CS1. The van der Waals surface area contributed by atoms with Gasteiger partial charge >= 0.3 is 0 Å². The van der Waals surface area contributed by atoms with E-state index in [4.69, 9.17) is 14.7 Å². The molecule has 2 heterocycles. The van der Waals surface area contributed by atoms with Crippen LogP contribution in [0.1, 0.15) is 55.4 Å². The molecule has 0 aromatic heterocycles. The van der Waals surface area contributed by atoms with E-state index in [9.17, 15) is 0 Å². The minimum atomic E-state index is -0.204. The van der Waals surface area contributed by atoms with Crippen molar-refractivity contribution in [1.82, 2.24) is 0 Å². The first kappa shape index (κ1) is 16.9. The largest absolute Gasteiger partial charge is 0.478 e. The molecule has 0 fully saturated rings. The Labute approximate surface area is 134 Å². The van der Waals surface area contributed by atoms with Crippen molar-refractivity contribution in [2.24, 2.45) is 26.2 Å². The first-order valence-electron chi connectivity index (χ1n) is 7.84. The highest BCUT2D eigenvalue weighted by atomic mass is 32.2. The molecule has 2 aliphatic heterocycles. The highest BCUT2D eigenvalue weighted by molar-refractivity contribution is 8.14. The van der Waals surface area contributed by atoms with Crippen LogP contribution in [-0.4, -0.2) is 35.4 Å². The van der Waals surface area contributed by atoms with Crippen molar-refractivity contribution in [3.63, 3.8) is 0 Å². The van der Waals surface area contributed by atoms with Gasteiger partial charge in [0.2, 0.25) is 0 Å². The van der Waals surface area contributed by atoms with Crippen molar-refractivity contribution < 1.29 is 4.74 Å². The lowest BCUT2D eigenvalue weighted by Crippen LogP contribution is -2.31. The molecule has 2 atom stereocenters. The van der Waals surface area contributed by atoms with Gasteiger partial charge in [-0.2, -0.15) is 0 Å². The third-order valence-corrected chi connectivity index (χ3v) is 5.74. The molecule has 120 valence electrons. The van der Waals surface area contributed by atoms with Gasteiger partial charge in [-0.25, -0.2) is 4.99 Å². The van der Waals surface area contributed by atoms with Crippen LogP contribution in [0.2, 0.25) is 0 Å². The van der Waals surface area contributed by atoms with Gasteiger partial charge in [0.05, 0.1) is 22.5 Å². The van der Waals surface area contributed by atoms with Crippen LogP contribution in [-0.2, 0) is 4.74 Å². The summed E-state index contributed by atoms with van der Waals surface area (Å²) in [6.07, 6.45) is 0. The lowest BCUT2D eigenvalue weighted by molar-refractivity contribution is 0.227. The monoisotopic (exact) mass is 310 g/mol. The van der Waals surface area contributed by atoms with E-state index in [0.29, 0.717) is 12.6 Å². The van der Waals surface area contributed by atoms with Crippen LogP contribution in [0, 0.1) is 16.2 Å². The Morgan fingerprint density at radius 1 is 0.905 bits per heavy atom. The Morgan fingerprint density at radius 3 is 1.90 bits per heavy atom. The second kappa shape index (κ2) is 5.29. The predicted molar refractivity (Wildman–Crippen MR) is 93.5 cm³/mol. The van der Waals surface area contributed by atoms with Gasteiger partial charge < -0.3 is 4.74 Å². The molecule has 0 bridgehead atoms. The maximum Gasteiger partial charge on any atom is 0.196 e. The van der Waals surface area contributed by atoms with Gasteiger partial charge in [0.15, 0.2) is 5.90 Å². The predicted octanol–water partition coefficient (Wildman–Crippen LogP) is 4.42. The quantitative estimate of drug-likeness (QED) is 0.756. The zero-order chi connectivity index (χ0) is 16.1. The average Bonchev–Trinajstić information content (AvgIpc) is 2.97. The normalized spacial score (nSPS) is 27.4. The van der Waals surface area contributed by atoms with E-state index < -0.39 is 0 Å². The molecule has 0 amide bonds. The first-order chi connectivity index (χ1) is 9.42. The highest BCUT2D eigenvalue weighted by Gasteiger charge is 2.43. The highest BCUT2D eigenvalue weighted by Crippen LogP contribution is 2.40. The molecule has 0 aromatic rings. The first-order valence-corrected chi connectivity index (χ1v) is 8.83. The molecule has 0 aromatic carbocycles. The van der Waals surface area contributed by atoms with E-state index in [1.807, 2.05) is 11.8 Å². The standard InChI is InChI=1S/C17H30N2OS/c1-15(2,3)11-9-20-13(18-11)17(7,8)14-19-12(10-21-14)16(4,5)6/h11-12H,9-10H2,1-8H3/t11-,12-/m1/s1. The van der Waals surface area contributed by atoms with E-state index in [0.717, 1.165) is 11.7 Å². The molecule has 21 heavy (non-hydrogen) atoms. The summed E-state index contributed by atoms with van der Waals surface area (Å²) in [5, 5.41) is 1.18. The van der Waals surface area contributed by atoms with E-state index in [1.54, 1.807) is 0 Å². The van der Waals surface area contributed by atoms with Gasteiger partial charge in [-0.15, -0.1) is 11.8 Å². The summed E-state index contributed by atoms with van der Waals surface area (Å²) in [7, 11) is 0. The van der Waals surface area contributed by atoms with Crippen LogP contribution in [0.4, 0.5) is 0 Å². The van der Waals surface area contributed by atoms with Crippen LogP contribution in [0.25, 0.3) is 0 Å². The number of hydrogen-bond acceptors (Lipinski definition) is 4. The number of ether oxygens (including phenoxy) is 1. The van der Waals surface area contributed by atoms with Crippen molar-refractivity contribution in [3.05, 3.63) is 0 Å². The zero-order valence-corrected chi connectivity index (χ0v) is 15.6. The number of nitrogens with zero attached hydrogens (tertiary/aromatic N) is 2. The van der Waals surface area contributed by atoms with Crippen LogP contribution in [0.5, 0.6) is 0 Å². The fourth-order valence-electron chi connectivity index (χ4n) is 2.41. The minimum Gasteiger partial charge on any atom is -0.478 e. The third kappa shape index (κ3) is 3.46. The summed E-state index contributed by atoms with van der Waals surface area (Å²) < 4.78 is 5.95. The van der Waals surface area contributed by atoms with Gasteiger partial charge in [-0.05, 0) is 24.7 Å². The smallest absolute Gasteiger partial charge is 0.196 e. The number of aliphatic imine (C=N–C) groups is 2. The Kier molecular flexibility index (Phi) is 4.25. The summed E-state index contributed by atoms with van der Waals surface area (Å²) in [5.41, 5.74) is 0.165. The molecule has 3 nitrogen and oxygen atoms in total. The Bertz CT molecular complexity index is 424. The van der Waals surface area contributed by atoms with Crippen molar-refractivity contribution >= 4 is 22.7 Å². The van der Waals surface area contributed by atoms with Crippen LogP contribution < -0.4 is 0 Å². The average molecular weight is 311 g/mol. The maximum atomic E-state index is 5.95. The van der Waals surface area contributed by atoms with Gasteiger partial charge in [0.1, 0.15) is 6.61 Å².